The largest absolute Gasteiger partial charge is 0.468 e. The fourth-order valence-electron chi connectivity index (χ4n) is 2.51. The molecule has 31 heavy (non-hydrogen) atoms. The van der Waals surface area contributed by atoms with Crippen LogP contribution in [0, 0.1) is 0 Å². The topological polar surface area (TPSA) is 115 Å². The molecule has 1 unspecified atom stereocenters. The van der Waals surface area contributed by atoms with Gasteiger partial charge in [0.1, 0.15) is 5.76 Å². The number of carbonyl (C=O) groups is 2. The van der Waals surface area contributed by atoms with E-state index in [4.69, 9.17) is 20.8 Å². The average Bonchev–Trinajstić information content (AvgIpc) is 3.28. The molecule has 0 radical (unpaired) electrons. The first-order chi connectivity index (χ1) is 14.7. The van der Waals surface area contributed by atoms with Crippen molar-refractivity contribution in [3.8, 4) is 0 Å². The van der Waals surface area contributed by atoms with Crippen molar-refractivity contribution in [2.45, 2.75) is 24.5 Å². The SMILES string of the molecule is CC(OC(=O)c1cccc(S(=O)(=O)NCc2ccco2)c1)C(=O)Nc1ccc(Cl)cc1. The van der Waals surface area contributed by atoms with E-state index in [-0.39, 0.29) is 17.0 Å². The van der Waals surface area contributed by atoms with E-state index < -0.39 is 28.0 Å². The summed E-state index contributed by atoms with van der Waals surface area (Å²) in [6.07, 6.45) is 0.324. The first-order valence-corrected chi connectivity index (χ1v) is 11.0. The van der Waals surface area contributed by atoms with Crippen molar-refractivity contribution in [3.63, 3.8) is 0 Å². The highest BCUT2D eigenvalue weighted by atomic mass is 35.5. The van der Waals surface area contributed by atoms with Crippen LogP contribution in [0.15, 0.2) is 76.2 Å². The molecule has 0 aliphatic carbocycles. The van der Waals surface area contributed by atoms with Crippen LogP contribution in [-0.2, 0) is 26.1 Å². The highest BCUT2D eigenvalue weighted by Gasteiger charge is 2.21. The van der Waals surface area contributed by atoms with Crippen LogP contribution in [0.2, 0.25) is 5.02 Å². The van der Waals surface area contributed by atoms with Gasteiger partial charge in [-0.3, -0.25) is 4.79 Å². The number of hydrogen-bond acceptors (Lipinski definition) is 6. The van der Waals surface area contributed by atoms with E-state index in [1.165, 1.54) is 37.5 Å². The first kappa shape index (κ1) is 22.5. The number of nitrogens with one attached hydrogen (secondary N) is 2. The van der Waals surface area contributed by atoms with E-state index in [1.807, 2.05) is 0 Å². The number of furan rings is 1. The Morgan fingerprint density at radius 3 is 2.52 bits per heavy atom. The van der Waals surface area contributed by atoms with Crippen LogP contribution in [0.4, 0.5) is 5.69 Å². The van der Waals surface area contributed by atoms with Crippen molar-refractivity contribution in [2.24, 2.45) is 0 Å². The summed E-state index contributed by atoms with van der Waals surface area (Å²) in [6, 6.07) is 15.1. The van der Waals surface area contributed by atoms with Gasteiger partial charge in [-0.15, -0.1) is 0 Å². The Kier molecular flexibility index (Phi) is 7.11. The maximum atomic E-state index is 12.5. The summed E-state index contributed by atoms with van der Waals surface area (Å²) in [5, 5.41) is 3.12. The van der Waals surface area contributed by atoms with Crippen LogP contribution in [0.5, 0.6) is 0 Å². The van der Waals surface area contributed by atoms with Crippen LogP contribution < -0.4 is 10.0 Å². The van der Waals surface area contributed by atoms with Crippen molar-refractivity contribution >= 4 is 39.2 Å². The number of amides is 1. The number of rotatable bonds is 8. The number of benzene rings is 2. The summed E-state index contributed by atoms with van der Waals surface area (Å²) in [5.41, 5.74) is 0.486. The van der Waals surface area contributed by atoms with Gasteiger partial charge < -0.3 is 14.5 Å². The third-order valence-electron chi connectivity index (χ3n) is 4.16. The van der Waals surface area contributed by atoms with Gasteiger partial charge in [-0.25, -0.2) is 17.9 Å². The summed E-state index contributed by atoms with van der Waals surface area (Å²) in [5.74, 6) is -0.930. The molecule has 2 N–H and O–H groups in total. The van der Waals surface area contributed by atoms with Crippen LogP contribution in [-0.4, -0.2) is 26.4 Å². The lowest BCUT2D eigenvalue weighted by Crippen LogP contribution is -2.30. The highest BCUT2D eigenvalue weighted by molar-refractivity contribution is 7.89. The molecule has 10 heteroatoms. The predicted molar refractivity (Wildman–Crippen MR) is 114 cm³/mol. The van der Waals surface area contributed by atoms with Crippen molar-refractivity contribution < 1.29 is 27.2 Å². The minimum atomic E-state index is -3.89. The normalized spacial score (nSPS) is 12.2. The first-order valence-electron chi connectivity index (χ1n) is 9.14. The zero-order valence-electron chi connectivity index (χ0n) is 16.4. The van der Waals surface area contributed by atoms with Gasteiger partial charge in [0.15, 0.2) is 6.10 Å². The van der Waals surface area contributed by atoms with E-state index in [9.17, 15) is 18.0 Å². The van der Waals surface area contributed by atoms with E-state index in [2.05, 4.69) is 10.0 Å². The fraction of sp³-hybridized carbons (Fsp3) is 0.143. The van der Waals surface area contributed by atoms with Crippen molar-refractivity contribution in [3.05, 3.63) is 83.3 Å². The fourth-order valence-corrected chi connectivity index (χ4v) is 3.68. The molecule has 0 saturated heterocycles. The zero-order chi connectivity index (χ0) is 22.4. The molecule has 0 aliphatic heterocycles. The Morgan fingerprint density at radius 2 is 1.84 bits per heavy atom. The second-order valence-electron chi connectivity index (χ2n) is 6.48. The predicted octanol–water partition coefficient (Wildman–Crippen LogP) is 3.60. The summed E-state index contributed by atoms with van der Waals surface area (Å²) < 4.78 is 37.6. The van der Waals surface area contributed by atoms with Gasteiger partial charge in [-0.2, -0.15) is 0 Å². The quantitative estimate of drug-likeness (QED) is 0.494. The second-order valence-corrected chi connectivity index (χ2v) is 8.68. The maximum absolute atomic E-state index is 12.5. The number of carbonyl (C=O) groups excluding carboxylic acids is 2. The minimum Gasteiger partial charge on any atom is -0.468 e. The van der Waals surface area contributed by atoms with Gasteiger partial charge in [-0.1, -0.05) is 17.7 Å². The van der Waals surface area contributed by atoms with Crippen molar-refractivity contribution in [2.75, 3.05) is 5.32 Å². The van der Waals surface area contributed by atoms with Gasteiger partial charge >= 0.3 is 5.97 Å². The number of ether oxygens (including phenoxy) is 1. The summed E-state index contributed by atoms with van der Waals surface area (Å²) >= 11 is 5.80. The van der Waals surface area contributed by atoms with Crippen LogP contribution in [0.1, 0.15) is 23.0 Å². The molecule has 3 aromatic rings. The Morgan fingerprint density at radius 1 is 1.10 bits per heavy atom. The molecule has 1 atom stereocenters. The van der Waals surface area contributed by atoms with Crippen molar-refractivity contribution in [1.82, 2.24) is 4.72 Å². The molecule has 0 aliphatic rings. The van der Waals surface area contributed by atoms with Crippen LogP contribution in [0.3, 0.4) is 0 Å². The highest BCUT2D eigenvalue weighted by Crippen LogP contribution is 2.16. The van der Waals surface area contributed by atoms with Gasteiger partial charge in [0.25, 0.3) is 5.91 Å². The molecule has 0 bridgehead atoms. The van der Waals surface area contributed by atoms with Crippen LogP contribution >= 0.6 is 11.6 Å². The second kappa shape index (κ2) is 9.78. The summed E-state index contributed by atoms with van der Waals surface area (Å²) in [4.78, 5) is 24.6. The van der Waals surface area contributed by atoms with E-state index in [1.54, 1.807) is 36.4 Å². The van der Waals surface area contributed by atoms with Gasteiger partial charge in [-0.05, 0) is 61.5 Å². The van der Waals surface area contributed by atoms with Gasteiger partial charge in [0, 0.05) is 10.7 Å². The van der Waals surface area contributed by atoms with E-state index in [0.29, 0.717) is 16.5 Å². The lowest BCUT2D eigenvalue weighted by Gasteiger charge is -2.14. The molecule has 1 amide bonds. The number of sulfonamides is 1. The molecule has 162 valence electrons. The molecular weight excluding hydrogens is 444 g/mol. The molecule has 0 spiro atoms. The number of hydrogen-bond donors (Lipinski definition) is 2. The Hall–Kier alpha value is -3.14. The Labute approximate surface area is 184 Å². The lowest BCUT2D eigenvalue weighted by molar-refractivity contribution is -0.123. The Bertz CT molecular complexity index is 1160. The van der Waals surface area contributed by atoms with Crippen molar-refractivity contribution in [1.29, 1.82) is 0 Å². The van der Waals surface area contributed by atoms with E-state index in [0.717, 1.165) is 0 Å². The molecular formula is C21H19ClN2O6S. The smallest absolute Gasteiger partial charge is 0.338 e. The molecule has 1 heterocycles. The zero-order valence-corrected chi connectivity index (χ0v) is 17.9. The van der Waals surface area contributed by atoms with Crippen LogP contribution in [0.25, 0.3) is 0 Å². The summed E-state index contributed by atoms with van der Waals surface area (Å²) in [7, 11) is -3.89. The number of halogens is 1. The molecule has 3 rings (SSSR count). The molecule has 8 nitrogen and oxygen atoms in total. The average molecular weight is 463 g/mol. The monoisotopic (exact) mass is 462 g/mol. The molecule has 0 saturated carbocycles. The minimum absolute atomic E-state index is 0.00739. The van der Waals surface area contributed by atoms with E-state index >= 15 is 0 Å². The lowest BCUT2D eigenvalue weighted by atomic mass is 10.2. The number of anilines is 1. The molecule has 0 fully saturated rings. The third kappa shape index (κ3) is 6.17. The maximum Gasteiger partial charge on any atom is 0.338 e. The Balaban J connectivity index is 1.63. The molecule has 1 aromatic heterocycles. The molecule has 2 aromatic carbocycles. The summed E-state index contributed by atoms with van der Waals surface area (Å²) in [6.45, 7) is 1.38. The van der Waals surface area contributed by atoms with Gasteiger partial charge in [0.2, 0.25) is 10.0 Å². The third-order valence-corrected chi connectivity index (χ3v) is 5.81. The van der Waals surface area contributed by atoms with Gasteiger partial charge in [0.05, 0.1) is 23.3 Å². The number of esters is 1. The standard InChI is InChI=1S/C21H19ClN2O6S/c1-14(20(25)24-17-9-7-16(22)8-10-17)30-21(26)15-4-2-6-19(12-15)31(27,28)23-13-18-5-3-11-29-18/h2-12,14,23H,13H2,1H3,(H,24,25).